The lowest BCUT2D eigenvalue weighted by Gasteiger charge is -2.06. The Balaban J connectivity index is 1.74. The van der Waals surface area contributed by atoms with E-state index in [0.717, 1.165) is 16.8 Å². The van der Waals surface area contributed by atoms with E-state index in [4.69, 9.17) is 0 Å². The number of rotatable bonds is 3. The van der Waals surface area contributed by atoms with Gasteiger partial charge in [0, 0.05) is 18.0 Å². The van der Waals surface area contributed by atoms with Crippen LogP contribution >= 0.6 is 0 Å². The molecule has 0 atom stereocenters. The summed E-state index contributed by atoms with van der Waals surface area (Å²) in [5.74, 6) is 0. The number of benzene rings is 2. The van der Waals surface area contributed by atoms with E-state index < -0.39 is 0 Å². The van der Waals surface area contributed by atoms with Crippen LogP contribution in [0.1, 0.15) is 22.3 Å². The highest BCUT2D eigenvalue weighted by Crippen LogP contribution is 2.21. The van der Waals surface area contributed by atoms with E-state index in [2.05, 4.69) is 68.3 Å². The average Bonchev–Trinajstić information content (AvgIpc) is 3.07. The topological polar surface area (TPSA) is 39.3 Å². The lowest BCUT2D eigenvalue weighted by atomic mass is 10.0. The van der Waals surface area contributed by atoms with Gasteiger partial charge in [-0.15, -0.1) is 0 Å². The van der Waals surface area contributed by atoms with Gasteiger partial charge in [-0.3, -0.25) is 4.79 Å². The van der Waals surface area contributed by atoms with Crippen molar-refractivity contribution in [2.24, 2.45) is 0 Å². The Morgan fingerprint density at radius 1 is 0.885 bits per heavy atom. The van der Waals surface area contributed by atoms with Gasteiger partial charge in [-0.1, -0.05) is 42.0 Å². The molecule has 0 aliphatic heterocycles. The van der Waals surface area contributed by atoms with Gasteiger partial charge in [0.2, 0.25) is 0 Å². The Labute approximate surface area is 152 Å². The lowest BCUT2D eigenvalue weighted by Crippen LogP contribution is -2.21. The van der Waals surface area contributed by atoms with Gasteiger partial charge in [0.25, 0.3) is 5.56 Å². The predicted octanol–water partition coefficient (Wildman–Crippen LogP) is 4.14. The van der Waals surface area contributed by atoms with E-state index in [1.165, 1.54) is 16.7 Å². The maximum absolute atomic E-state index is 12.9. The first-order valence-corrected chi connectivity index (χ1v) is 8.73. The quantitative estimate of drug-likeness (QED) is 0.561. The van der Waals surface area contributed by atoms with Crippen LogP contribution in [0.3, 0.4) is 0 Å². The van der Waals surface area contributed by atoms with Crippen LogP contribution in [0.5, 0.6) is 0 Å². The van der Waals surface area contributed by atoms with E-state index in [0.29, 0.717) is 12.1 Å². The number of hydrogen-bond donors (Lipinski definition) is 0. The van der Waals surface area contributed by atoms with Crippen molar-refractivity contribution in [3.63, 3.8) is 0 Å². The highest BCUT2D eigenvalue weighted by atomic mass is 16.1. The first-order chi connectivity index (χ1) is 12.5. The van der Waals surface area contributed by atoms with Gasteiger partial charge in [-0.25, -0.2) is 4.52 Å². The number of nitrogens with zero attached hydrogens (tertiary/aromatic N) is 3. The molecule has 0 fully saturated rings. The monoisotopic (exact) mass is 343 g/mol. The molecule has 4 rings (SSSR count). The van der Waals surface area contributed by atoms with Gasteiger partial charge in [-0.05, 0) is 49.6 Å². The van der Waals surface area contributed by atoms with Gasteiger partial charge in [0.05, 0.1) is 12.2 Å². The normalized spacial score (nSPS) is 11.2. The maximum Gasteiger partial charge on any atom is 0.276 e. The Morgan fingerprint density at radius 2 is 1.65 bits per heavy atom. The molecule has 2 aromatic heterocycles. The molecule has 0 N–H and O–H groups in total. The van der Waals surface area contributed by atoms with Gasteiger partial charge in [0.15, 0.2) is 0 Å². The standard InChI is InChI=1S/C22H21N3O/c1-15-4-7-18(8-5-15)14-24-10-11-25-21(22(24)26)13-20(23-25)19-9-6-16(2)17(3)12-19/h4-13H,14H2,1-3H3. The van der Waals surface area contributed by atoms with E-state index in [1.807, 2.05) is 12.3 Å². The van der Waals surface area contributed by atoms with Crippen LogP contribution in [0.15, 0.2) is 65.7 Å². The van der Waals surface area contributed by atoms with Crippen LogP contribution < -0.4 is 5.56 Å². The molecule has 4 nitrogen and oxygen atoms in total. The molecule has 0 aliphatic carbocycles. The molecule has 4 heteroatoms. The minimum atomic E-state index is -0.0318. The molecule has 0 aliphatic rings. The number of hydrogen-bond acceptors (Lipinski definition) is 2. The number of aryl methyl sites for hydroxylation is 3. The lowest BCUT2D eigenvalue weighted by molar-refractivity contribution is 0.743. The van der Waals surface area contributed by atoms with E-state index in [-0.39, 0.29) is 5.56 Å². The zero-order valence-corrected chi connectivity index (χ0v) is 15.2. The molecule has 0 unspecified atom stereocenters. The van der Waals surface area contributed by atoms with E-state index in [9.17, 15) is 4.79 Å². The molecule has 4 aromatic rings. The molecule has 0 radical (unpaired) electrons. The van der Waals surface area contributed by atoms with Crippen LogP contribution in [0.4, 0.5) is 0 Å². The molecular weight excluding hydrogens is 322 g/mol. The van der Waals surface area contributed by atoms with Gasteiger partial charge >= 0.3 is 0 Å². The zero-order chi connectivity index (χ0) is 18.3. The molecule has 0 amide bonds. The fourth-order valence-electron chi connectivity index (χ4n) is 3.08. The number of fused-ring (bicyclic) bond motifs is 1. The molecular formula is C22H21N3O. The van der Waals surface area contributed by atoms with Crippen LogP contribution in [0, 0.1) is 20.8 Å². The van der Waals surface area contributed by atoms with E-state index >= 15 is 0 Å². The maximum atomic E-state index is 12.9. The van der Waals surface area contributed by atoms with Crippen LogP contribution in [0.2, 0.25) is 0 Å². The van der Waals surface area contributed by atoms with Crippen molar-refractivity contribution in [1.82, 2.24) is 14.2 Å². The largest absolute Gasteiger partial charge is 0.308 e. The summed E-state index contributed by atoms with van der Waals surface area (Å²) in [7, 11) is 0. The van der Waals surface area contributed by atoms with Gasteiger partial charge in [0.1, 0.15) is 5.52 Å². The molecule has 26 heavy (non-hydrogen) atoms. The minimum Gasteiger partial charge on any atom is -0.308 e. The molecule has 0 bridgehead atoms. The van der Waals surface area contributed by atoms with Crippen molar-refractivity contribution in [2.75, 3.05) is 0 Å². The van der Waals surface area contributed by atoms with Crippen molar-refractivity contribution in [3.8, 4) is 11.3 Å². The zero-order valence-electron chi connectivity index (χ0n) is 15.2. The third kappa shape index (κ3) is 2.94. The molecule has 2 heterocycles. The summed E-state index contributed by atoms with van der Waals surface area (Å²) >= 11 is 0. The fourth-order valence-corrected chi connectivity index (χ4v) is 3.08. The Kier molecular flexibility index (Phi) is 3.96. The second kappa shape index (κ2) is 6.30. The minimum absolute atomic E-state index is 0.0318. The Bertz CT molecular complexity index is 1150. The van der Waals surface area contributed by atoms with Crippen molar-refractivity contribution >= 4 is 5.52 Å². The van der Waals surface area contributed by atoms with Crippen molar-refractivity contribution in [1.29, 1.82) is 0 Å². The average molecular weight is 343 g/mol. The molecule has 2 aromatic carbocycles. The summed E-state index contributed by atoms with van der Waals surface area (Å²) in [6, 6.07) is 16.4. The van der Waals surface area contributed by atoms with Crippen molar-refractivity contribution in [2.45, 2.75) is 27.3 Å². The first kappa shape index (κ1) is 16.3. The van der Waals surface area contributed by atoms with Crippen LogP contribution in [-0.2, 0) is 6.54 Å². The molecule has 0 spiro atoms. The highest BCUT2D eigenvalue weighted by Gasteiger charge is 2.10. The summed E-state index contributed by atoms with van der Waals surface area (Å²) in [4.78, 5) is 12.9. The van der Waals surface area contributed by atoms with Crippen molar-refractivity contribution < 1.29 is 0 Å². The molecule has 130 valence electrons. The van der Waals surface area contributed by atoms with E-state index in [1.54, 1.807) is 15.3 Å². The van der Waals surface area contributed by atoms with Crippen LogP contribution in [-0.4, -0.2) is 14.2 Å². The SMILES string of the molecule is Cc1ccc(Cn2ccn3nc(-c4ccc(C)c(C)c4)cc3c2=O)cc1. The predicted molar refractivity (Wildman–Crippen MR) is 105 cm³/mol. The Hall–Kier alpha value is -3.14. The number of aromatic nitrogens is 3. The first-order valence-electron chi connectivity index (χ1n) is 8.73. The molecule has 0 saturated heterocycles. The smallest absolute Gasteiger partial charge is 0.276 e. The highest BCUT2D eigenvalue weighted by molar-refractivity contribution is 5.66. The van der Waals surface area contributed by atoms with Crippen molar-refractivity contribution in [3.05, 3.63) is 93.5 Å². The summed E-state index contributed by atoms with van der Waals surface area (Å²) in [5, 5.41) is 4.58. The van der Waals surface area contributed by atoms with Gasteiger partial charge < -0.3 is 4.57 Å². The summed E-state index contributed by atoms with van der Waals surface area (Å²) < 4.78 is 3.39. The molecule has 0 saturated carbocycles. The summed E-state index contributed by atoms with van der Waals surface area (Å²) in [6.07, 6.45) is 3.64. The second-order valence-corrected chi connectivity index (χ2v) is 6.88. The fraction of sp³-hybridized carbons (Fsp3) is 0.182. The third-order valence-corrected chi connectivity index (χ3v) is 4.88. The van der Waals surface area contributed by atoms with Crippen LogP contribution in [0.25, 0.3) is 16.8 Å². The Morgan fingerprint density at radius 3 is 2.38 bits per heavy atom. The third-order valence-electron chi connectivity index (χ3n) is 4.88. The summed E-state index contributed by atoms with van der Waals surface area (Å²) in [6.45, 7) is 6.79. The van der Waals surface area contributed by atoms with Gasteiger partial charge in [-0.2, -0.15) is 5.10 Å². The second-order valence-electron chi connectivity index (χ2n) is 6.88. The summed E-state index contributed by atoms with van der Waals surface area (Å²) in [5.41, 5.74) is 7.19.